The van der Waals surface area contributed by atoms with Crippen molar-refractivity contribution in [2.75, 3.05) is 25.0 Å². The van der Waals surface area contributed by atoms with E-state index in [9.17, 15) is 4.79 Å². The van der Waals surface area contributed by atoms with E-state index in [0.717, 1.165) is 36.4 Å². The normalized spacial score (nSPS) is 23.0. The van der Waals surface area contributed by atoms with E-state index in [1.807, 2.05) is 26.0 Å². The monoisotopic (exact) mass is 290 g/mol. The van der Waals surface area contributed by atoms with E-state index >= 15 is 0 Å². The van der Waals surface area contributed by atoms with Gasteiger partial charge < -0.3 is 10.1 Å². The lowest BCUT2D eigenvalue weighted by atomic mass is 10.1. The van der Waals surface area contributed by atoms with Gasteiger partial charge in [0.25, 0.3) is 0 Å². The van der Waals surface area contributed by atoms with E-state index in [0.29, 0.717) is 6.42 Å². The number of morpholine rings is 1. The number of anilines is 1. The standard InChI is InChI=1S/C17H26N2O2/c1-12-5-6-13(2)16(9-12)18-17(20)7-8-19-10-14(3)21-15(4)11-19/h5-6,9,14-15H,7-8,10-11H2,1-4H3,(H,18,20)/t14-,15+. The second kappa shape index (κ2) is 7.05. The number of ether oxygens (including phenoxy) is 1. The van der Waals surface area contributed by atoms with Crippen LogP contribution in [0.4, 0.5) is 5.69 Å². The van der Waals surface area contributed by atoms with Gasteiger partial charge in [0.1, 0.15) is 0 Å². The fourth-order valence-electron chi connectivity index (χ4n) is 2.81. The molecule has 2 rings (SSSR count). The number of rotatable bonds is 4. The van der Waals surface area contributed by atoms with Crippen LogP contribution < -0.4 is 5.32 Å². The fourth-order valence-corrected chi connectivity index (χ4v) is 2.81. The van der Waals surface area contributed by atoms with Crippen LogP contribution >= 0.6 is 0 Å². The van der Waals surface area contributed by atoms with E-state index in [2.05, 4.69) is 30.1 Å². The summed E-state index contributed by atoms with van der Waals surface area (Å²) in [6.45, 7) is 10.8. The highest BCUT2D eigenvalue weighted by Gasteiger charge is 2.22. The third kappa shape index (κ3) is 4.83. The molecule has 1 fully saturated rings. The third-order valence-corrected chi connectivity index (χ3v) is 3.82. The quantitative estimate of drug-likeness (QED) is 0.927. The predicted octanol–water partition coefficient (Wildman–Crippen LogP) is 2.74. The molecule has 1 aromatic rings. The fraction of sp³-hybridized carbons (Fsp3) is 0.588. The first-order valence-corrected chi connectivity index (χ1v) is 7.69. The summed E-state index contributed by atoms with van der Waals surface area (Å²) >= 11 is 0. The molecule has 1 heterocycles. The summed E-state index contributed by atoms with van der Waals surface area (Å²) in [6.07, 6.45) is 1.01. The maximum absolute atomic E-state index is 12.1. The minimum absolute atomic E-state index is 0.0792. The molecular formula is C17H26N2O2. The molecule has 4 heteroatoms. The third-order valence-electron chi connectivity index (χ3n) is 3.82. The number of nitrogens with zero attached hydrogens (tertiary/aromatic N) is 1. The molecule has 1 aliphatic heterocycles. The highest BCUT2D eigenvalue weighted by molar-refractivity contribution is 5.91. The zero-order valence-electron chi connectivity index (χ0n) is 13.5. The first kappa shape index (κ1) is 16.0. The van der Waals surface area contributed by atoms with E-state index in [4.69, 9.17) is 4.74 Å². The molecule has 4 nitrogen and oxygen atoms in total. The van der Waals surface area contributed by atoms with Crippen molar-refractivity contribution in [2.24, 2.45) is 0 Å². The number of aryl methyl sites for hydroxylation is 2. The van der Waals surface area contributed by atoms with Crippen LogP contribution in [-0.2, 0) is 9.53 Å². The lowest BCUT2D eigenvalue weighted by Gasteiger charge is -2.35. The molecule has 0 radical (unpaired) electrons. The Labute approximate surface area is 127 Å². The number of amides is 1. The van der Waals surface area contributed by atoms with Crippen LogP contribution in [0.2, 0.25) is 0 Å². The molecule has 1 amide bonds. The van der Waals surface area contributed by atoms with Gasteiger partial charge in [0.05, 0.1) is 12.2 Å². The molecule has 0 aromatic heterocycles. The largest absolute Gasteiger partial charge is 0.373 e. The van der Waals surface area contributed by atoms with Crippen molar-refractivity contribution in [3.63, 3.8) is 0 Å². The lowest BCUT2D eigenvalue weighted by Crippen LogP contribution is -2.46. The van der Waals surface area contributed by atoms with Gasteiger partial charge in [0.15, 0.2) is 0 Å². The Morgan fingerprint density at radius 1 is 1.29 bits per heavy atom. The van der Waals surface area contributed by atoms with Gasteiger partial charge >= 0.3 is 0 Å². The minimum atomic E-state index is 0.0792. The van der Waals surface area contributed by atoms with Gasteiger partial charge in [0.2, 0.25) is 5.91 Å². The van der Waals surface area contributed by atoms with Gasteiger partial charge in [-0.3, -0.25) is 9.69 Å². The van der Waals surface area contributed by atoms with Crippen molar-refractivity contribution in [3.8, 4) is 0 Å². The zero-order valence-corrected chi connectivity index (χ0v) is 13.5. The molecule has 0 saturated carbocycles. The number of nitrogens with one attached hydrogen (secondary N) is 1. The first-order valence-electron chi connectivity index (χ1n) is 7.69. The maximum Gasteiger partial charge on any atom is 0.225 e. The molecule has 1 N–H and O–H groups in total. The molecule has 21 heavy (non-hydrogen) atoms. The lowest BCUT2D eigenvalue weighted by molar-refractivity contribution is -0.117. The van der Waals surface area contributed by atoms with Crippen LogP contribution in [0, 0.1) is 13.8 Å². The van der Waals surface area contributed by atoms with Gasteiger partial charge in [0, 0.05) is 31.7 Å². The highest BCUT2D eigenvalue weighted by atomic mass is 16.5. The summed E-state index contributed by atoms with van der Waals surface area (Å²) in [6, 6.07) is 6.11. The van der Waals surface area contributed by atoms with Gasteiger partial charge in [-0.2, -0.15) is 0 Å². The Hall–Kier alpha value is -1.39. The summed E-state index contributed by atoms with van der Waals surface area (Å²) in [5.74, 6) is 0.0792. The molecule has 1 saturated heterocycles. The molecule has 0 spiro atoms. The Morgan fingerprint density at radius 3 is 2.62 bits per heavy atom. The summed E-state index contributed by atoms with van der Waals surface area (Å²) in [4.78, 5) is 14.4. The molecule has 1 aliphatic rings. The summed E-state index contributed by atoms with van der Waals surface area (Å²) in [5, 5.41) is 3.02. The molecular weight excluding hydrogens is 264 g/mol. The summed E-state index contributed by atoms with van der Waals surface area (Å²) in [5.41, 5.74) is 3.18. The zero-order chi connectivity index (χ0) is 15.4. The Morgan fingerprint density at radius 2 is 1.95 bits per heavy atom. The van der Waals surface area contributed by atoms with Gasteiger partial charge in [-0.05, 0) is 44.9 Å². The molecule has 116 valence electrons. The van der Waals surface area contributed by atoms with Gasteiger partial charge in [-0.15, -0.1) is 0 Å². The summed E-state index contributed by atoms with van der Waals surface area (Å²) in [7, 11) is 0. The highest BCUT2D eigenvalue weighted by Crippen LogP contribution is 2.17. The van der Waals surface area contributed by atoms with Crippen molar-refractivity contribution in [3.05, 3.63) is 29.3 Å². The SMILES string of the molecule is Cc1ccc(C)c(NC(=O)CCN2C[C@@H](C)O[C@@H](C)C2)c1. The average Bonchev–Trinajstić information content (AvgIpc) is 2.40. The molecule has 0 aliphatic carbocycles. The van der Waals surface area contributed by atoms with E-state index in [-0.39, 0.29) is 18.1 Å². The van der Waals surface area contributed by atoms with Crippen LogP contribution in [0.5, 0.6) is 0 Å². The van der Waals surface area contributed by atoms with Crippen molar-refractivity contribution in [1.82, 2.24) is 4.90 Å². The van der Waals surface area contributed by atoms with Crippen molar-refractivity contribution in [2.45, 2.75) is 46.3 Å². The van der Waals surface area contributed by atoms with Crippen LogP contribution in [-0.4, -0.2) is 42.6 Å². The molecule has 2 atom stereocenters. The summed E-state index contributed by atoms with van der Waals surface area (Å²) < 4.78 is 5.71. The first-order chi connectivity index (χ1) is 9.94. The Balaban J connectivity index is 1.83. The van der Waals surface area contributed by atoms with Crippen LogP contribution in [0.3, 0.4) is 0 Å². The predicted molar refractivity (Wildman–Crippen MR) is 85.6 cm³/mol. The number of hydrogen-bond acceptors (Lipinski definition) is 3. The number of carbonyl (C=O) groups excluding carboxylic acids is 1. The molecule has 0 bridgehead atoms. The maximum atomic E-state index is 12.1. The van der Waals surface area contributed by atoms with Crippen molar-refractivity contribution >= 4 is 11.6 Å². The number of hydrogen-bond donors (Lipinski definition) is 1. The molecule has 1 aromatic carbocycles. The van der Waals surface area contributed by atoms with Crippen LogP contribution in [0.15, 0.2) is 18.2 Å². The molecule has 0 unspecified atom stereocenters. The van der Waals surface area contributed by atoms with Crippen LogP contribution in [0.25, 0.3) is 0 Å². The number of carbonyl (C=O) groups is 1. The second-order valence-corrected chi connectivity index (χ2v) is 6.13. The van der Waals surface area contributed by atoms with Gasteiger partial charge in [-0.25, -0.2) is 0 Å². The second-order valence-electron chi connectivity index (χ2n) is 6.13. The van der Waals surface area contributed by atoms with E-state index < -0.39 is 0 Å². The van der Waals surface area contributed by atoms with E-state index in [1.165, 1.54) is 0 Å². The van der Waals surface area contributed by atoms with Crippen molar-refractivity contribution < 1.29 is 9.53 Å². The minimum Gasteiger partial charge on any atom is -0.373 e. The van der Waals surface area contributed by atoms with Gasteiger partial charge in [-0.1, -0.05) is 12.1 Å². The topological polar surface area (TPSA) is 41.6 Å². The van der Waals surface area contributed by atoms with Crippen LogP contribution in [0.1, 0.15) is 31.4 Å². The average molecular weight is 290 g/mol. The Bertz CT molecular complexity index is 492. The smallest absolute Gasteiger partial charge is 0.225 e. The number of benzene rings is 1. The van der Waals surface area contributed by atoms with Crippen molar-refractivity contribution in [1.29, 1.82) is 0 Å². The van der Waals surface area contributed by atoms with E-state index in [1.54, 1.807) is 0 Å². The Kier molecular flexibility index (Phi) is 5.37.